The molecule has 7 heterocycles. The molecule has 0 atom stereocenters. The van der Waals surface area contributed by atoms with Crippen molar-refractivity contribution in [1.82, 2.24) is 4.57 Å². The van der Waals surface area contributed by atoms with E-state index in [1.54, 1.807) is 0 Å². The van der Waals surface area contributed by atoms with Crippen LogP contribution in [0.25, 0.3) is 27.5 Å². The van der Waals surface area contributed by atoms with Gasteiger partial charge in [-0.25, -0.2) is 0 Å². The molecule has 276 valence electrons. The minimum atomic E-state index is 0.0214. The van der Waals surface area contributed by atoms with E-state index in [9.17, 15) is 0 Å². The zero-order valence-corrected chi connectivity index (χ0v) is 32.9. The SMILES string of the molecule is c1ccc(-n2c3ccccc3c3cc4c(cc32)N2c3ccccc3B3c5ccccc5N5c6ccccc6B6c7ccccc7N7c8ccccc8B4c4c7c6c5c3c42)cc1. The first-order valence-corrected chi connectivity index (χ1v) is 21.6. The molecule has 1 aromatic heterocycles. The van der Waals surface area contributed by atoms with Gasteiger partial charge in [0.1, 0.15) is 0 Å². The third-order valence-electron chi connectivity index (χ3n) is 14.9. The lowest BCUT2D eigenvalue weighted by Gasteiger charge is -2.55. The quantitative estimate of drug-likeness (QED) is 0.175. The molecule has 7 heteroatoms. The number of para-hydroxylation sites is 7. The molecule has 0 fully saturated rings. The van der Waals surface area contributed by atoms with Crippen LogP contribution in [0.5, 0.6) is 0 Å². The van der Waals surface area contributed by atoms with Gasteiger partial charge in [-0.15, -0.1) is 0 Å². The Balaban J connectivity index is 1.14. The fourth-order valence-corrected chi connectivity index (χ4v) is 12.8. The van der Waals surface area contributed by atoms with E-state index in [1.165, 1.54) is 128 Å². The standard InChI is InChI=1S/C54H31B3N4/c1-2-16-32(17-3-1)58-41-24-10-4-18-33(41)34-30-40-48(31-47(34)58)61-46-29-15-8-22-38(46)56-37-21-7-12-26-43(37)59-42-25-11-5-19-35(42)55-36-20-6-13-27-44(36)60-45-28-14-9-23-39(45)57(40)51-53(60)49(55)52(59)50(56)54(51)61/h1-31H. The van der Waals surface area contributed by atoms with Gasteiger partial charge < -0.3 is 19.3 Å². The van der Waals surface area contributed by atoms with Crippen molar-refractivity contribution in [2.24, 2.45) is 0 Å². The van der Waals surface area contributed by atoms with E-state index in [0.29, 0.717) is 0 Å². The second kappa shape index (κ2) is 10.8. The molecule has 4 nitrogen and oxygen atoms in total. The topological polar surface area (TPSA) is 14.7 Å². The Morgan fingerprint density at radius 1 is 0.279 bits per heavy atom. The maximum Gasteiger partial charge on any atom is 0.252 e. The number of hydrogen-bond donors (Lipinski definition) is 0. The van der Waals surface area contributed by atoms with Crippen LogP contribution >= 0.6 is 0 Å². The van der Waals surface area contributed by atoms with Crippen LogP contribution in [-0.2, 0) is 0 Å². The van der Waals surface area contributed by atoms with Gasteiger partial charge in [-0.3, -0.25) is 0 Å². The Labute approximate surface area is 353 Å². The molecule has 0 bridgehead atoms. The first kappa shape index (κ1) is 31.3. The third kappa shape index (κ3) is 3.52. The maximum atomic E-state index is 2.69. The van der Waals surface area contributed by atoms with Crippen LogP contribution in [0.3, 0.4) is 0 Å². The summed E-state index contributed by atoms with van der Waals surface area (Å²) in [5.41, 5.74) is 27.8. The molecule has 16 rings (SSSR count). The van der Waals surface area contributed by atoms with Gasteiger partial charge in [-0.2, -0.15) is 0 Å². The average molecular weight is 768 g/mol. The number of rotatable bonds is 1. The Bertz CT molecular complexity index is 3650. The molecular weight excluding hydrogens is 737 g/mol. The van der Waals surface area contributed by atoms with Gasteiger partial charge in [0, 0.05) is 67.6 Å². The zero-order chi connectivity index (χ0) is 39.2. The van der Waals surface area contributed by atoms with Crippen molar-refractivity contribution in [3.05, 3.63) is 188 Å². The van der Waals surface area contributed by atoms with Crippen LogP contribution in [0.4, 0.5) is 51.2 Å². The van der Waals surface area contributed by atoms with Gasteiger partial charge in [0.2, 0.25) is 0 Å². The van der Waals surface area contributed by atoms with E-state index in [2.05, 4.69) is 207 Å². The molecule has 6 aliphatic heterocycles. The molecule has 10 aromatic rings. The van der Waals surface area contributed by atoms with Gasteiger partial charge in [0.15, 0.2) is 0 Å². The van der Waals surface area contributed by atoms with Crippen LogP contribution in [0, 0.1) is 0 Å². The number of aromatic nitrogens is 1. The lowest BCUT2D eigenvalue weighted by molar-refractivity contribution is 1.18. The van der Waals surface area contributed by atoms with Crippen LogP contribution in [-0.4, -0.2) is 24.7 Å². The molecule has 0 unspecified atom stereocenters. The molecule has 0 amide bonds. The highest BCUT2D eigenvalue weighted by atomic mass is 15.2. The molecule has 0 N–H and O–H groups in total. The van der Waals surface area contributed by atoms with Crippen molar-refractivity contribution in [3.63, 3.8) is 0 Å². The molecular formula is C54H31B3N4. The minimum Gasteiger partial charge on any atom is -0.312 e. The number of nitrogens with zero attached hydrogens (tertiary/aromatic N) is 4. The normalized spacial score (nSPS) is 14.7. The van der Waals surface area contributed by atoms with Crippen molar-refractivity contribution in [3.8, 4) is 5.69 Å². The Hall–Kier alpha value is -7.63. The van der Waals surface area contributed by atoms with E-state index in [0.717, 1.165) is 0 Å². The highest BCUT2D eigenvalue weighted by Crippen LogP contribution is 2.51. The highest BCUT2D eigenvalue weighted by molar-refractivity contribution is 7.09. The van der Waals surface area contributed by atoms with E-state index in [-0.39, 0.29) is 20.1 Å². The maximum absolute atomic E-state index is 2.69. The van der Waals surface area contributed by atoms with Crippen molar-refractivity contribution in [2.45, 2.75) is 0 Å². The number of fused-ring (bicyclic) bond motifs is 21. The molecule has 0 radical (unpaired) electrons. The Morgan fingerprint density at radius 3 is 1.13 bits per heavy atom. The summed E-state index contributed by atoms with van der Waals surface area (Å²) in [7, 11) is 0. The summed E-state index contributed by atoms with van der Waals surface area (Å²) >= 11 is 0. The molecule has 6 aliphatic rings. The summed E-state index contributed by atoms with van der Waals surface area (Å²) in [5.74, 6) is 0. The highest BCUT2D eigenvalue weighted by Gasteiger charge is 2.57. The van der Waals surface area contributed by atoms with Gasteiger partial charge in [0.25, 0.3) is 20.1 Å². The fourth-order valence-electron chi connectivity index (χ4n) is 12.8. The number of hydrogen-bond acceptors (Lipinski definition) is 3. The van der Waals surface area contributed by atoms with E-state index < -0.39 is 0 Å². The van der Waals surface area contributed by atoms with Gasteiger partial charge in [-0.05, 0) is 104 Å². The van der Waals surface area contributed by atoms with Gasteiger partial charge in [0.05, 0.1) is 11.0 Å². The van der Waals surface area contributed by atoms with Crippen LogP contribution < -0.4 is 63.9 Å². The molecule has 0 spiro atoms. The lowest BCUT2D eigenvalue weighted by Crippen LogP contribution is -2.74. The molecule has 61 heavy (non-hydrogen) atoms. The summed E-state index contributed by atoms with van der Waals surface area (Å²) in [6, 6.07) is 71.3. The van der Waals surface area contributed by atoms with Crippen molar-refractivity contribution in [2.75, 3.05) is 14.7 Å². The van der Waals surface area contributed by atoms with Gasteiger partial charge in [-0.1, -0.05) is 133 Å². The van der Waals surface area contributed by atoms with Crippen LogP contribution in [0.2, 0.25) is 0 Å². The first-order valence-electron chi connectivity index (χ1n) is 21.6. The second-order valence-electron chi connectivity index (χ2n) is 17.5. The second-order valence-corrected chi connectivity index (χ2v) is 17.5. The predicted molar refractivity (Wildman–Crippen MR) is 259 cm³/mol. The zero-order valence-electron chi connectivity index (χ0n) is 32.9. The minimum absolute atomic E-state index is 0.0214. The predicted octanol–water partition coefficient (Wildman–Crippen LogP) is 6.62. The van der Waals surface area contributed by atoms with Gasteiger partial charge >= 0.3 is 0 Å². The third-order valence-corrected chi connectivity index (χ3v) is 14.9. The largest absolute Gasteiger partial charge is 0.312 e. The molecule has 0 saturated heterocycles. The summed E-state index contributed by atoms with van der Waals surface area (Å²) in [6.45, 7) is 0.177. The summed E-state index contributed by atoms with van der Waals surface area (Å²) in [4.78, 5) is 8.00. The monoisotopic (exact) mass is 768 g/mol. The van der Waals surface area contributed by atoms with Crippen molar-refractivity contribution < 1.29 is 0 Å². The number of anilines is 9. The fraction of sp³-hybridized carbons (Fsp3) is 0. The molecule has 9 aromatic carbocycles. The van der Waals surface area contributed by atoms with E-state index in [4.69, 9.17) is 0 Å². The van der Waals surface area contributed by atoms with Crippen LogP contribution in [0.1, 0.15) is 0 Å². The first-order chi connectivity index (χ1) is 30.3. The van der Waals surface area contributed by atoms with E-state index >= 15 is 0 Å². The summed E-state index contributed by atoms with van der Waals surface area (Å²) in [5, 5.41) is 2.56. The summed E-state index contributed by atoms with van der Waals surface area (Å²) < 4.78 is 2.48. The van der Waals surface area contributed by atoms with E-state index in [1.807, 2.05) is 0 Å². The van der Waals surface area contributed by atoms with Crippen molar-refractivity contribution >= 4 is 142 Å². The lowest BCUT2D eigenvalue weighted by atomic mass is 9.24. The Kier molecular flexibility index (Phi) is 5.52. The smallest absolute Gasteiger partial charge is 0.252 e. The average Bonchev–Trinajstić information content (AvgIpc) is 3.65. The Morgan fingerprint density at radius 2 is 0.656 bits per heavy atom. The number of benzene rings is 9. The molecule has 0 aliphatic carbocycles. The van der Waals surface area contributed by atoms with Crippen molar-refractivity contribution in [1.29, 1.82) is 0 Å². The van der Waals surface area contributed by atoms with Crippen LogP contribution in [0.15, 0.2) is 188 Å². The summed E-state index contributed by atoms with van der Waals surface area (Å²) in [6.07, 6.45) is 0. The molecule has 0 saturated carbocycles.